The lowest BCUT2D eigenvalue weighted by Crippen LogP contribution is -2.31. The molecule has 0 spiro atoms. The molecule has 2 aromatic rings. The van der Waals surface area contributed by atoms with Gasteiger partial charge in [-0.1, -0.05) is 10.3 Å². The second-order valence-electron chi connectivity index (χ2n) is 7.85. The summed E-state index contributed by atoms with van der Waals surface area (Å²) in [6.45, 7) is 4.66. The number of carboxylic acids is 1. The molecule has 0 aromatic carbocycles. The minimum Gasteiger partial charge on any atom is -0.477 e. The summed E-state index contributed by atoms with van der Waals surface area (Å²) in [4.78, 5) is 40.5. The number of fused-ring (bicyclic) bond motifs is 1. The average Bonchev–Trinajstić information content (AvgIpc) is 3.55. The van der Waals surface area contributed by atoms with E-state index in [9.17, 15) is 14.7 Å². The first-order valence-corrected chi connectivity index (χ1v) is 10.7. The number of carbonyl (C=O) groups is 1. The van der Waals surface area contributed by atoms with Gasteiger partial charge in [0.25, 0.3) is 0 Å². The Labute approximate surface area is 188 Å². The van der Waals surface area contributed by atoms with Crippen molar-refractivity contribution in [3.63, 3.8) is 0 Å². The van der Waals surface area contributed by atoms with Crippen LogP contribution in [-0.2, 0) is 9.68 Å². The van der Waals surface area contributed by atoms with Gasteiger partial charge in [-0.2, -0.15) is 0 Å². The standard InChI is InChI=1S/C21H25FN6O5/c1-3-32-25-16-10-27(8-13(16)18(23)26-33-4-2)20-15(22)7-12-17(29)14(21(30)31)9-28(11-5-6-11)19(12)24-20/h7,9,11,13H,3-6,8,10H2,1-2H3,(H2,23,26)(H,30,31)/b25-16+. The lowest BCUT2D eigenvalue weighted by molar-refractivity contribution is 0.0695. The molecule has 33 heavy (non-hydrogen) atoms. The van der Waals surface area contributed by atoms with Crippen LogP contribution in [0.4, 0.5) is 10.2 Å². The molecule has 176 valence electrons. The van der Waals surface area contributed by atoms with E-state index in [1.807, 2.05) is 0 Å². The van der Waals surface area contributed by atoms with Crippen molar-refractivity contribution in [3.8, 4) is 0 Å². The Morgan fingerprint density at radius 2 is 2.06 bits per heavy atom. The lowest BCUT2D eigenvalue weighted by atomic mass is 10.1. The molecule has 1 atom stereocenters. The number of oxime groups is 2. The maximum absolute atomic E-state index is 15.2. The minimum absolute atomic E-state index is 0.00952. The SMILES string of the molecule is CCO/N=C1\CN(c2nc3c(cc2F)c(=O)c(C(=O)O)cn3C2CC2)CC1/C(N)=N\OCC. The van der Waals surface area contributed by atoms with Crippen LogP contribution in [0.2, 0.25) is 0 Å². The number of nitrogens with zero attached hydrogens (tertiary/aromatic N) is 5. The van der Waals surface area contributed by atoms with Crippen molar-refractivity contribution in [3.05, 3.63) is 33.9 Å². The van der Waals surface area contributed by atoms with Crippen LogP contribution >= 0.6 is 0 Å². The van der Waals surface area contributed by atoms with E-state index in [0.717, 1.165) is 18.9 Å². The minimum atomic E-state index is -1.36. The summed E-state index contributed by atoms with van der Waals surface area (Å²) in [7, 11) is 0. The highest BCUT2D eigenvalue weighted by atomic mass is 19.1. The summed E-state index contributed by atoms with van der Waals surface area (Å²) in [5.41, 5.74) is 5.69. The van der Waals surface area contributed by atoms with Crippen molar-refractivity contribution in [2.45, 2.75) is 32.7 Å². The van der Waals surface area contributed by atoms with Gasteiger partial charge in [0, 0.05) is 18.8 Å². The van der Waals surface area contributed by atoms with Crippen LogP contribution in [0.5, 0.6) is 0 Å². The number of hydrogen-bond acceptors (Lipinski definition) is 8. The van der Waals surface area contributed by atoms with E-state index < -0.39 is 28.7 Å². The van der Waals surface area contributed by atoms with Crippen molar-refractivity contribution in [2.75, 3.05) is 31.2 Å². The lowest BCUT2D eigenvalue weighted by Gasteiger charge is -2.19. The van der Waals surface area contributed by atoms with E-state index in [1.54, 1.807) is 23.3 Å². The molecule has 1 unspecified atom stereocenters. The number of nitrogens with two attached hydrogens (primary N) is 1. The van der Waals surface area contributed by atoms with Crippen LogP contribution in [0, 0.1) is 11.7 Å². The van der Waals surface area contributed by atoms with Crippen LogP contribution in [0.25, 0.3) is 11.0 Å². The van der Waals surface area contributed by atoms with Gasteiger partial charge in [-0.3, -0.25) is 4.79 Å². The summed E-state index contributed by atoms with van der Waals surface area (Å²) in [6.07, 6.45) is 2.94. The molecule has 2 aromatic heterocycles. The van der Waals surface area contributed by atoms with Crippen molar-refractivity contribution in [2.24, 2.45) is 22.0 Å². The Bertz CT molecular complexity index is 1210. The van der Waals surface area contributed by atoms with Gasteiger partial charge < -0.3 is 30.0 Å². The van der Waals surface area contributed by atoms with Gasteiger partial charge in [0.15, 0.2) is 11.6 Å². The van der Waals surface area contributed by atoms with Crippen molar-refractivity contribution in [1.29, 1.82) is 0 Å². The molecule has 1 saturated heterocycles. The van der Waals surface area contributed by atoms with Gasteiger partial charge in [0.1, 0.15) is 30.3 Å². The summed E-state index contributed by atoms with van der Waals surface area (Å²) < 4.78 is 16.8. The monoisotopic (exact) mass is 460 g/mol. The zero-order chi connectivity index (χ0) is 23.7. The average molecular weight is 460 g/mol. The fourth-order valence-electron chi connectivity index (χ4n) is 3.81. The third kappa shape index (κ3) is 4.32. The van der Waals surface area contributed by atoms with Gasteiger partial charge in [0.05, 0.1) is 23.6 Å². The highest BCUT2D eigenvalue weighted by molar-refractivity contribution is 6.10. The number of aromatic carboxylic acids is 1. The van der Waals surface area contributed by atoms with Crippen molar-refractivity contribution in [1.82, 2.24) is 9.55 Å². The second-order valence-corrected chi connectivity index (χ2v) is 7.85. The van der Waals surface area contributed by atoms with Gasteiger partial charge in [-0.15, -0.1) is 0 Å². The zero-order valence-corrected chi connectivity index (χ0v) is 18.3. The Morgan fingerprint density at radius 3 is 2.70 bits per heavy atom. The predicted molar refractivity (Wildman–Crippen MR) is 119 cm³/mol. The smallest absolute Gasteiger partial charge is 0.341 e. The molecule has 12 heteroatoms. The molecule has 1 aliphatic carbocycles. The predicted octanol–water partition coefficient (Wildman–Crippen LogP) is 1.71. The first kappa shape index (κ1) is 22.5. The van der Waals surface area contributed by atoms with Crippen LogP contribution < -0.4 is 16.1 Å². The van der Waals surface area contributed by atoms with Crippen molar-refractivity contribution >= 4 is 34.4 Å². The largest absolute Gasteiger partial charge is 0.477 e. The second kappa shape index (κ2) is 9.04. The number of aromatic nitrogens is 2. The molecule has 1 saturated carbocycles. The Hall–Kier alpha value is -3.70. The molecule has 0 bridgehead atoms. The molecule has 4 rings (SSSR count). The van der Waals surface area contributed by atoms with E-state index >= 15 is 4.39 Å². The zero-order valence-electron chi connectivity index (χ0n) is 18.3. The quantitative estimate of drug-likeness (QED) is 0.344. The van der Waals surface area contributed by atoms with Crippen LogP contribution in [-0.4, -0.2) is 58.5 Å². The number of carboxylic acid groups (broad SMARTS) is 1. The summed E-state index contributed by atoms with van der Waals surface area (Å²) in [6, 6.07) is 1.07. The van der Waals surface area contributed by atoms with Gasteiger partial charge in [-0.05, 0) is 32.8 Å². The van der Waals surface area contributed by atoms with Crippen LogP contribution in [0.1, 0.15) is 43.1 Å². The molecule has 11 nitrogen and oxygen atoms in total. The van der Waals surface area contributed by atoms with E-state index in [1.165, 1.54) is 6.20 Å². The number of anilines is 1. The maximum Gasteiger partial charge on any atom is 0.341 e. The molecule has 0 amide bonds. The van der Waals surface area contributed by atoms with Gasteiger partial charge in [-0.25, -0.2) is 14.2 Å². The summed E-state index contributed by atoms with van der Waals surface area (Å²) >= 11 is 0. The molecule has 3 heterocycles. The topological polar surface area (TPSA) is 145 Å². The first-order chi connectivity index (χ1) is 15.8. The van der Waals surface area contributed by atoms with Crippen LogP contribution in [0.15, 0.2) is 27.4 Å². The summed E-state index contributed by atoms with van der Waals surface area (Å²) in [5, 5.41) is 17.3. The van der Waals surface area contributed by atoms with Crippen LogP contribution in [0.3, 0.4) is 0 Å². The Balaban J connectivity index is 1.79. The van der Waals surface area contributed by atoms with E-state index in [-0.39, 0.29) is 41.8 Å². The Morgan fingerprint density at radius 1 is 1.33 bits per heavy atom. The molecule has 2 aliphatic rings. The normalized spacial score (nSPS) is 20.0. The maximum atomic E-state index is 15.2. The number of hydrogen-bond donors (Lipinski definition) is 2. The summed E-state index contributed by atoms with van der Waals surface area (Å²) in [5.74, 6) is -2.39. The van der Waals surface area contributed by atoms with Crippen molar-refractivity contribution < 1.29 is 24.0 Å². The highest BCUT2D eigenvalue weighted by Gasteiger charge is 2.36. The highest BCUT2D eigenvalue weighted by Crippen LogP contribution is 2.37. The Kier molecular flexibility index (Phi) is 6.16. The third-order valence-corrected chi connectivity index (χ3v) is 5.53. The number of halogens is 1. The first-order valence-electron chi connectivity index (χ1n) is 10.7. The third-order valence-electron chi connectivity index (χ3n) is 5.53. The van der Waals surface area contributed by atoms with E-state index in [2.05, 4.69) is 15.3 Å². The van der Waals surface area contributed by atoms with Gasteiger partial charge in [0.2, 0.25) is 5.43 Å². The molecule has 0 radical (unpaired) electrons. The molecule has 1 aliphatic heterocycles. The fourth-order valence-corrected chi connectivity index (χ4v) is 3.81. The number of pyridine rings is 2. The van der Waals surface area contributed by atoms with Gasteiger partial charge >= 0.3 is 5.97 Å². The molecular formula is C21H25FN6O5. The number of amidine groups is 1. The fraction of sp³-hybridized carbons (Fsp3) is 0.476. The van der Waals surface area contributed by atoms with E-state index in [0.29, 0.717) is 18.9 Å². The van der Waals surface area contributed by atoms with E-state index in [4.69, 9.17) is 15.4 Å². The number of rotatable bonds is 8. The molecule has 2 fully saturated rings. The molecule has 3 N–H and O–H groups in total. The molecular weight excluding hydrogens is 435 g/mol.